The van der Waals surface area contributed by atoms with E-state index in [4.69, 9.17) is 0 Å². The lowest BCUT2D eigenvalue weighted by Gasteiger charge is -2.28. The van der Waals surface area contributed by atoms with Crippen LogP contribution in [0, 0.1) is 5.92 Å². The summed E-state index contributed by atoms with van der Waals surface area (Å²) in [6, 6.07) is 37.7. The summed E-state index contributed by atoms with van der Waals surface area (Å²) >= 11 is 0. The van der Waals surface area contributed by atoms with Crippen molar-refractivity contribution in [1.29, 1.82) is 0 Å². The molecule has 2 aliphatic rings. The zero-order chi connectivity index (χ0) is 23.9. The predicted octanol–water partition coefficient (Wildman–Crippen LogP) is 10.0. The number of hydrogen-bond donors (Lipinski definition) is 0. The van der Waals surface area contributed by atoms with Crippen LogP contribution in [0.1, 0.15) is 24.8 Å². The Kier molecular flexibility index (Phi) is 5.17. The first-order chi connectivity index (χ1) is 17.9. The highest BCUT2D eigenvalue weighted by molar-refractivity contribution is 6.19. The number of fused-ring (bicyclic) bond motifs is 3. The van der Waals surface area contributed by atoms with E-state index < -0.39 is 0 Å². The molecule has 0 bridgehead atoms. The summed E-state index contributed by atoms with van der Waals surface area (Å²) in [5, 5.41) is 5.36. The molecule has 0 nitrogen and oxygen atoms in total. The van der Waals surface area contributed by atoms with E-state index in [0.29, 0.717) is 5.92 Å². The molecule has 0 aromatic heterocycles. The van der Waals surface area contributed by atoms with Crippen LogP contribution in [0.15, 0.2) is 133 Å². The van der Waals surface area contributed by atoms with Crippen molar-refractivity contribution in [2.75, 3.05) is 0 Å². The monoisotopic (exact) mass is 460 g/mol. The van der Waals surface area contributed by atoms with Gasteiger partial charge in [-0.2, -0.15) is 0 Å². The Morgan fingerprint density at radius 2 is 1.19 bits per heavy atom. The van der Waals surface area contributed by atoms with E-state index in [-0.39, 0.29) is 0 Å². The van der Waals surface area contributed by atoms with E-state index in [9.17, 15) is 0 Å². The van der Waals surface area contributed by atoms with Crippen molar-refractivity contribution in [3.63, 3.8) is 0 Å². The molecule has 2 aliphatic carbocycles. The molecule has 0 heteroatoms. The Labute approximate surface area is 212 Å². The second kappa shape index (κ2) is 8.81. The minimum Gasteiger partial charge on any atom is -0.0842 e. The topological polar surface area (TPSA) is 0 Å². The number of benzene rings is 5. The first kappa shape index (κ1) is 21.1. The zero-order valence-electron chi connectivity index (χ0n) is 20.3. The maximum atomic E-state index is 2.41. The van der Waals surface area contributed by atoms with E-state index in [1.54, 1.807) is 0 Å². The summed E-state index contributed by atoms with van der Waals surface area (Å²) in [6.07, 6.45) is 13.0. The van der Waals surface area contributed by atoms with Crippen LogP contribution in [-0.2, 0) is 0 Å². The minimum absolute atomic E-state index is 0.626. The third-order valence-corrected chi connectivity index (χ3v) is 7.92. The van der Waals surface area contributed by atoms with Gasteiger partial charge in [-0.15, -0.1) is 0 Å². The van der Waals surface area contributed by atoms with Crippen LogP contribution in [0.2, 0.25) is 0 Å². The van der Waals surface area contributed by atoms with Gasteiger partial charge in [0.05, 0.1) is 0 Å². The van der Waals surface area contributed by atoms with Crippen molar-refractivity contribution in [1.82, 2.24) is 0 Å². The van der Waals surface area contributed by atoms with Gasteiger partial charge in [-0.25, -0.2) is 0 Å². The van der Waals surface area contributed by atoms with Gasteiger partial charge in [0.2, 0.25) is 0 Å². The maximum absolute atomic E-state index is 2.41. The van der Waals surface area contributed by atoms with Crippen LogP contribution < -0.4 is 0 Å². The molecule has 0 aliphatic heterocycles. The highest BCUT2D eigenvalue weighted by atomic mass is 14.3. The summed E-state index contributed by atoms with van der Waals surface area (Å²) in [5.74, 6) is 0.626. The molecule has 0 spiro atoms. The van der Waals surface area contributed by atoms with Gasteiger partial charge in [0.1, 0.15) is 0 Å². The fourth-order valence-corrected chi connectivity index (χ4v) is 6.20. The van der Waals surface area contributed by atoms with Crippen LogP contribution in [0.5, 0.6) is 0 Å². The molecule has 0 saturated carbocycles. The molecular weight excluding hydrogens is 432 g/mol. The fraction of sp³-hybridized carbons (Fsp3) is 0.111. The lowest BCUT2D eigenvalue weighted by Crippen LogP contribution is -2.10. The molecule has 1 atom stereocenters. The molecule has 5 aromatic carbocycles. The van der Waals surface area contributed by atoms with Crippen molar-refractivity contribution in [3.8, 4) is 22.3 Å². The molecular formula is C36H28. The fourth-order valence-electron chi connectivity index (χ4n) is 6.20. The number of allylic oxidation sites excluding steroid dienone is 6. The van der Waals surface area contributed by atoms with Gasteiger partial charge in [-0.3, -0.25) is 0 Å². The molecule has 172 valence electrons. The van der Waals surface area contributed by atoms with Gasteiger partial charge in [-0.1, -0.05) is 121 Å². The Morgan fingerprint density at radius 3 is 1.97 bits per heavy atom. The van der Waals surface area contributed by atoms with Gasteiger partial charge in [0.15, 0.2) is 0 Å². The number of hydrogen-bond acceptors (Lipinski definition) is 0. The van der Waals surface area contributed by atoms with Crippen molar-refractivity contribution < 1.29 is 0 Å². The Bertz CT molecular complexity index is 1680. The first-order valence-electron chi connectivity index (χ1n) is 13.0. The van der Waals surface area contributed by atoms with Crippen molar-refractivity contribution in [2.24, 2.45) is 5.92 Å². The smallest absolute Gasteiger partial charge is 0.00262 e. The quantitative estimate of drug-likeness (QED) is 0.235. The third kappa shape index (κ3) is 3.53. The van der Waals surface area contributed by atoms with Gasteiger partial charge in [-0.05, 0) is 91.8 Å². The average Bonchev–Trinajstić information content (AvgIpc) is 2.96. The van der Waals surface area contributed by atoms with Gasteiger partial charge in [0.25, 0.3) is 0 Å². The molecule has 1 unspecified atom stereocenters. The van der Waals surface area contributed by atoms with Crippen LogP contribution in [0.4, 0.5) is 0 Å². The van der Waals surface area contributed by atoms with Crippen LogP contribution in [-0.4, -0.2) is 0 Å². The lowest BCUT2D eigenvalue weighted by atomic mass is 9.76. The second-order valence-corrected chi connectivity index (χ2v) is 10.0. The highest BCUT2D eigenvalue weighted by Crippen LogP contribution is 2.46. The average molecular weight is 461 g/mol. The van der Waals surface area contributed by atoms with Crippen LogP contribution in [0.25, 0.3) is 49.4 Å². The van der Waals surface area contributed by atoms with E-state index in [1.807, 2.05) is 0 Å². The second-order valence-electron chi connectivity index (χ2n) is 10.0. The molecule has 0 fully saturated rings. The summed E-state index contributed by atoms with van der Waals surface area (Å²) in [7, 11) is 0. The van der Waals surface area contributed by atoms with Crippen LogP contribution in [0.3, 0.4) is 0 Å². The zero-order valence-corrected chi connectivity index (χ0v) is 20.3. The van der Waals surface area contributed by atoms with Gasteiger partial charge >= 0.3 is 0 Å². The van der Waals surface area contributed by atoms with E-state index >= 15 is 0 Å². The van der Waals surface area contributed by atoms with Crippen molar-refractivity contribution >= 4 is 27.1 Å². The Balaban J connectivity index is 1.57. The molecule has 5 aromatic rings. The highest BCUT2D eigenvalue weighted by Gasteiger charge is 2.24. The number of rotatable bonds is 3. The molecule has 0 amide bonds. The molecule has 36 heavy (non-hydrogen) atoms. The molecule has 0 radical (unpaired) electrons. The standard InChI is InChI=1S/C36H28/c1-3-11-25(12-4-1)29-21-22-33-34(24-29)35(27-14-5-2-6-15-27)31-17-9-10-18-32(31)36(33)30-20-19-26-13-7-8-16-28(26)23-30/h1-7,9-15,17-22,24,28H,8,16,23H2. The summed E-state index contributed by atoms with van der Waals surface area (Å²) < 4.78 is 0. The maximum Gasteiger partial charge on any atom is -0.00262 e. The third-order valence-electron chi connectivity index (χ3n) is 7.92. The minimum atomic E-state index is 0.626. The molecule has 0 heterocycles. The van der Waals surface area contributed by atoms with Crippen LogP contribution >= 0.6 is 0 Å². The van der Waals surface area contributed by atoms with E-state index in [0.717, 1.165) is 6.42 Å². The van der Waals surface area contributed by atoms with E-state index in [2.05, 4.69) is 127 Å². The Hall–Kier alpha value is -4.16. The molecule has 0 N–H and O–H groups in total. The molecule has 0 saturated heterocycles. The summed E-state index contributed by atoms with van der Waals surface area (Å²) in [4.78, 5) is 0. The normalized spacial score (nSPS) is 17.1. The Morgan fingerprint density at radius 1 is 0.528 bits per heavy atom. The van der Waals surface area contributed by atoms with E-state index in [1.165, 1.54) is 73.4 Å². The lowest BCUT2D eigenvalue weighted by molar-refractivity contribution is 0.573. The predicted molar refractivity (Wildman–Crippen MR) is 155 cm³/mol. The van der Waals surface area contributed by atoms with Crippen molar-refractivity contribution in [2.45, 2.75) is 19.3 Å². The first-order valence-corrected chi connectivity index (χ1v) is 13.0. The SMILES string of the molecule is C1=CC2=CC=C(c3c4ccccc4c(-c4ccccc4)c4cc(-c5ccccc5)ccc34)CC2CC1. The van der Waals surface area contributed by atoms with Crippen molar-refractivity contribution in [3.05, 3.63) is 139 Å². The summed E-state index contributed by atoms with van der Waals surface area (Å²) in [5.41, 5.74) is 9.48. The van der Waals surface area contributed by atoms with Gasteiger partial charge in [0, 0.05) is 0 Å². The summed E-state index contributed by atoms with van der Waals surface area (Å²) in [6.45, 7) is 0. The van der Waals surface area contributed by atoms with Gasteiger partial charge < -0.3 is 0 Å². The molecule has 7 rings (SSSR count). The largest absolute Gasteiger partial charge is 0.0842 e.